The highest BCUT2D eigenvalue weighted by atomic mass is 35.7. The Morgan fingerprint density at radius 3 is 1.25 bits per heavy atom. The maximum atomic E-state index is 5.59. The molecule has 0 radical (unpaired) electrons. The molecule has 0 aromatic heterocycles. The zero-order valence-corrected chi connectivity index (χ0v) is 9.58. The second kappa shape index (κ2) is 4.42. The molecule has 0 heterocycles. The van der Waals surface area contributed by atoms with Crippen LogP contribution in [0.5, 0.6) is 0 Å². The Morgan fingerprint density at radius 2 is 1.25 bits per heavy atom. The molecule has 0 nitrogen and oxygen atoms in total. The van der Waals surface area contributed by atoms with Crippen LogP contribution in [-0.4, -0.2) is 14.8 Å². The van der Waals surface area contributed by atoms with Gasteiger partial charge < -0.3 is 0 Å². The Balaban J connectivity index is 3.46. The standard InChI is InChI=1S/C2H6Cl4Si2/c1-2(7(3)4)8(5)6/h2,7-8H,1H3. The molecule has 0 spiro atoms. The molecule has 0 saturated heterocycles. The first kappa shape index (κ1) is 9.59. The van der Waals surface area contributed by atoms with Crippen LogP contribution in [0.1, 0.15) is 6.92 Å². The molecule has 0 N–H and O–H groups in total. The summed E-state index contributed by atoms with van der Waals surface area (Å²) >= 11 is 22.4. The normalized spacial score (nSPS) is 12.0. The van der Waals surface area contributed by atoms with Gasteiger partial charge in [-0.05, 0) is 5.16 Å². The highest BCUT2D eigenvalue weighted by Crippen LogP contribution is 2.23. The molecule has 0 aliphatic rings. The van der Waals surface area contributed by atoms with Gasteiger partial charge in [-0.3, -0.25) is 0 Å². The van der Waals surface area contributed by atoms with Crippen molar-refractivity contribution in [3.8, 4) is 0 Å². The van der Waals surface area contributed by atoms with Gasteiger partial charge in [0.15, 0.2) is 0 Å². The van der Waals surface area contributed by atoms with Crippen molar-refractivity contribution in [2.45, 2.75) is 12.1 Å². The molecular formula is C2H6Cl4Si2. The lowest BCUT2D eigenvalue weighted by molar-refractivity contribution is 1.33. The van der Waals surface area contributed by atoms with E-state index in [0.717, 1.165) is 0 Å². The van der Waals surface area contributed by atoms with Crippen molar-refractivity contribution in [1.29, 1.82) is 0 Å². The summed E-state index contributed by atoms with van der Waals surface area (Å²) in [5.41, 5.74) is 0. The minimum absolute atomic E-state index is 0.210. The predicted molar refractivity (Wildman–Crippen MR) is 47.1 cm³/mol. The number of hydrogen-bond donors (Lipinski definition) is 0. The van der Waals surface area contributed by atoms with Crippen molar-refractivity contribution >= 4 is 59.1 Å². The van der Waals surface area contributed by atoms with E-state index >= 15 is 0 Å². The third kappa shape index (κ3) is 3.59. The summed E-state index contributed by atoms with van der Waals surface area (Å²) < 4.78 is 0. The first-order valence-corrected chi connectivity index (χ1v) is 10.4. The lowest BCUT2D eigenvalue weighted by atomic mass is 11.0. The van der Waals surface area contributed by atoms with Gasteiger partial charge in [-0.25, -0.2) is 0 Å². The Labute approximate surface area is 71.1 Å². The van der Waals surface area contributed by atoms with E-state index in [1.54, 1.807) is 0 Å². The summed E-state index contributed by atoms with van der Waals surface area (Å²) in [4.78, 5) is 0. The molecule has 0 amide bonds. The SMILES string of the molecule is CC([SiH](Cl)Cl)[SiH](Cl)Cl. The molecule has 6 heteroatoms. The van der Waals surface area contributed by atoms with E-state index in [-0.39, 0.29) is 5.16 Å². The molecule has 0 atom stereocenters. The van der Waals surface area contributed by atoms with E-state index < -0.39 is 14.8 Å². The Morgan fingerprint density at radius 1 is 1.00 bits per heavy atom. The van der Waals surface area contributed by atoms with E-state index in [1.807, 2.05) is 6.92 Å². The average Bonchev–Trinajstić information content (AvgIpc) is 1.64. The van der Waals surface area contributed by atoms with Crippen molar-refractivity contribution in [1.82, 2.24) is 0 Å². The Bertz CT molecular complexity index is 57.1. The van der Waals surface area contributed by atoms with Crippen LogP contribution in [0.15, 0.2) is 0 Å². The summed E-state index contributed by atoms with van der Waals surface area (Å²) in [6.07, 6.45) is 0. The van der Waals surface area contributed by atoms with Crippen molar-refractivity contribution in [2.24, 2.45) is 0 Å². The van der Waals surface area contributed by atoms with Crippen LogP contribution in [0.4, 0.5) is 0 Å². The van der Waals surface area contributed by atoms with Gasteiger partial charge in [-0.1, -0.05) is 6.92 Å². The maximum absolute atomic E-state index is 5.59. The minimum Gasteiger partial charge on any atom is -0.150 e. The third-order valence-electron chi connectivity index (χ3n) is 0.795. The van der Waals surface area contributed by atoms with Crippen molar-refractivity contribution in [3.05, 3.63) is 0 Å². The van der Waals surface area contributed by atoms with Gasteiger partial charge in [0.25, 0.3) is 0 Å². The lowest BCUT2D eigenvalue weighted by Crippen LogP contribution is -2.13. The van der Waals surface area contributed by atoms with Crippen LogP contribution in [-0.2, 0) is 0 Å². The van der Waals surface area contributed by atoms with Gasteiger partial charge in [0.2, 0.25) is 14.8 Å². The third-order valence-corrected chi connectivity index (χ3v) is 12.4. The Hall–Kier alpha value is 1.59. The van der Waals surface area contributed by atoms with E-state index in [9.17, 15) is 0 Å². The summed E-state index contributed by atoms with van der Waals surface area (Å²) in [6.45, 7) is 1.91. The molecule has 0 aliphatic carbocycles. The van der Waals surface area contributed by atoms with Crippen LogP contribution in [0.2, 0.25) is 5.16 Å². The lowest BCUT2D eigenvalue weighted by Gasteiger charge is -2.07. The maximum Gasteiger partial charge on any atom is 0.239 e. The molecule has 0 fully saturated rings. The van der Waals surface area contributed by atoms with E-state index in [0.29, 0.717) is 0 Å². The van der Waals surface area contributed by atoms with Gasteiger partial charge in [-0.15, -0.1) is 0 Å². The highest BCUT2D eigenvalue weighted by molar-refractivity contribution is 7.45. The molecule has 0 aliphatic heterocycles. The Kier molecular flexibility index (Phi) is 5.30. The van der Waals surface area contributed by atoms with Crippen LogP contribution in [0.25, 0.3) is 0 Å². The van der Waals surface area contributed by atoms with Gasteiger partial charge in [0, 0.05) is 0 Å². The fourth-order valence-corrected chi connectivity index (χ4v) is 8.91. The smallest absolute Gasteiger partial charge is 0.150 e. The van der Waals surface area contributed by atoms with E-state index in [2.05, 4.69) is 0 Å². The van der Waals surface area contributed by atoms with Crippen LogP contribution < -0.4 is 0 Å². The number of hydrogen-bond acceptors (Lipinski definition) is 0. The fraction of sp³-hybridized carbons (Fsp3) is 1.00. The van der Waals surface area contributed by atoms with Gasteiger partial charge in [-0.2, -0.15) is 44.3 Å². The zero-order chi connectivity index (χ0) is 6.73. The fourth-order valence-electron chi connectivity index (χ4n) is 0.110. The largest absolute Gasteiger partial charge is 0.239 e. The molecule has 0 bridgehead atoms. The predicted octanol–water partition coefficient (Wildman–Crippen LogP) is 2.31. The number of rotatable bonds is 2. The second-order valence-corrected chi connectivity index (χ2v) is 12.7. The van der Waals surface area contributed by atoms with Gasteiger partial charge in [0.05, 0.1) is 0 Å². The van der Waals surface area contributed by atoms with Crippen LogP contribution in [0, 0.1) is 0 Å². The van der Waals surface area contributed by atoms with Crippen LogP contribution >= 0.6 is 44.3 Å². The molecule has 0 rings (SSSR count). The first-order valence-electron chi connectivity index (χ1n) is 2.12. The summed E-state index contributed by atoms with van der Waals surface area (Å²) in [5, 5.41) is 0.210. The topological polar surface area (TPSA) is 0 Å². The monoisotopic (exact) mass is 226 g/mol. The first-order chi connectivity index (χ1) is 3.55. The number of halogens is 4. The molecule has 8 heavy (non-hydrogen) atoms. The zero-order valence-electron chi connectivity index (χ0n) is 4.24. The van der Waals surface area contributed by atoms with Crippen molar-refractivity contribution in [3.63, 3.8) is 0 Å². The van der Waals surface area contributed by atoms with Gasteiger partial charge in [0.1, 0.15) is 0 Å². The highest BCUT2D eigenvalue weighted by Gasteiger charge is 2.22. The average molecular weight is 228 g/mol. The minimum atomic E-state index is -1.58. The summed E-state index contributed by atoms with van der Waals surface area (Å²) in [6, 6.07) is 0. The molecule has 0 saturated carbocycles. The van der Waals surface area contributed by atoms with Crippen molar-refractivity contribution in [2.75, 3.05) is 0 Å². The molecule has 0 aromatic rings. The summed E-state index contributed by atoms with van der Waals surface area (Å²) in [7, 11) is -3.16. The van der Waals surface area contributed by atoms with E-state index in [4.69, 9.17) is 44.3 Å². The second-order valence-electron chi connectivity index (χ2n) is 1.53. The van der Waals surface area contributed by atoms with Crippen molar-refractivity contribution < 1.29 is 0 Å². The summed E-state index contributed by atoms with van der Waals surface area (Å²) in [5.74, 6) is 0. The quantitative estimate of drug-likeness (QED) is 0.502. The van der Waals surface area contributed by atoms with Gasteiger partial charge >= 0.3 is 0 Å². The molecule has 50 valence electrons. The molecule has 0 aromatic carbocycles. The molecular weight excluding hydrogens is 222 g/mol. The van der Waals surface area contributed by atoms with E-state index in [1.165, 1.54) is 0 Å². The molecule has 0 unspecified atom stereocenters. The van der Waals surface area contributed by atoms with Crippen LogP contribution in [0.3, 0.4) is 0 Å².